The topological polar surface area (TPSA) is 49.7 Å². The number of halogens is 2. The maximum absolute atomic E-state index is 13.1. The first-order valence-electron chi connectivity index (χ1n) is 6.03. The zero-order chi connectivity index (χ0) is 14.5. The van der Waals surface area contributed by atoms with E-state index in [-0.39, 0.29) is 12.1 Å². The molecule has 6 heteroatoms. The van der Waals surface area contributed by atoms with Crippen molar-refractivity contribution in [2.75, 3.05) is 0 Å². The normalized spacial score (nSPS) is 10.6. The van der Waals surface area contributed by atoms with Crippen LogP contribution in [0.1, 0.15) is 11.1 Å². The molecular weight excluding hydrogens is 326 g/mol. The number of hydrogen-bond acceptors (Lipinski definition) is 3. The summed E-state index contributed by atoms with van der Waals surface area (Å²) in [5.41, 5.74) is 1.67. The molecule has 3 nitrogen and oxygen atoms in total. The average molecular weight is 339 g/mol. The Morgan fingerprint density at radius 3 is 2.60 bits per heavy atom. The highest BCUT2D eigenvalue weighted by atomic mass is 79.9. The molecule has 2 rings (SSSR count). The zero-order valence-corrected chi connectivity index (χ0v) is 12.2. The standard InChI is InChI=1S/C14H13BBrFO3/c16-12-3-1-2-10(6-12)8-20-9-11-4-5-13(17)7-14(11)15(18)19/h1-7,18-19H,8-9H2. The van der Waals surface area contributed by atoms with Gasteiger partial charge in [0, 0.05) is 4.47 Å². The van der Waals surface area contributed by atoms with Crippen LogP contribution in [0.2, 0.25) is 0 Å². The Bertz CT molecular complexity index is 592. The molecule has 2 N–H and O–H groups in total. The van der Waals surface area contributed by atoms with Gasteiger partial charge in [-0.05, 0) is 40.9 Å². The van der Waals surface area contributed by atoms with Gasteiger partial charge in [0.05, 0.1) is 13.2 Å². The van der Waals surface area contributed by atoms with Crippen molar-refractivity contribution in [3.63, 3.8) is 0 Å². The van der Waals surface area contributed by atoms with Gasteiger partial charge in [0.2, 0.25) is 0 Å². The molecule has 0 saturated carbocycles. The highest BCUT2D eigenvalue weighted by Crippen LogP contribution is 2.13. The lowest BCUT2D eigenvalue weighted by Gasteiger charge is -2.10. The predicted octanol–water partition coefficient (Wildman–Crippen LogP) is 1.98. The van der Waals surface area contributed by atoms with Crippen LogP contribution in [-0.4, -0.2) is 17.2 Å². The molecule has 0 aliphatic rings. The van der Waals surface area contributed by atoms with Gasteiger partial charge in [-0.15, -0.1) is 0 Å². The van der Waals surface area contributed by atoms with E-state index in [1.54, 1.807) is 0 Å². The van der Waals surface area contributed by atoms with Crippen LogP contribution in [0, 0.1) is 5.82 Å². The monoisotopic (exact) mass is 338 g/mol. The van der Waals surface area contributed by atoms with Crippen molar-refractivity contribution in [3.05, 3.63) is 63.9 Å². The van der Waals surface area contributed by atoms with Crippen molar-refractivity contribution < 1.29 is 19.2 Å². The van der Waals surface area contributed by atoms with E-state index in [4.69, 9.17) is 4.74 Å². The van der Waals surface area contributed by atoms with Crippen LogP contribution < -0.4 is 5.46 Å². The van der Waals surface area contributed by atoms with Crippen molar-refractivity contribution in [3.8, 4) is 0 Å². The Morgan fingerprint density at radius 1 is 1.10 bits per heavy atom. The Balaban J connectivity index is 2.01. The minimum Gasteiger partial charge on any atom is -0.423 e. The van der Waals surface area contributed by atoms with Crippen molar-refractivity contribution >= 4 is 28.5 Å². The summed E-state index contributed by atoms with van der Waals surface area (Å²) < 4.78 is 19.6. The van der Waals surface area contributed by atoms with Crippen LogP contribution >= 0.6 is 15.9 Å². The molecule has 104 valence electrons. The Hall–Kier alpha value is -1.21. The van der Waals surface area contributed by atoms with Crippen LogP contribution in [-0.2, 0) is 18.0 Å². The molecule has 0 unspecified atom stereocenters. The maximum atomic E-state index is 13.1. The molecular formula is C14H13BBrFO3. The van der Waals surface area contributed by atoms with Crippen molar-refractivity contribution in [1.82, 2.24) is 0 Å². The molecule has 0 amide bonds. The molecule has 0 aliphatic carbocycles. The van der Waals surface area contributed by atoms with Crippen molar-refractivity contribution in [2.45, 2.75) is 13.2 Å². The third-order valence-electron chi connectivity index (χ3n) is 2.80. The summed E-state index contributed by atoms with van der Waals surface area (Å²) in [7, 11) is -1.71. The summed E-state index contributed by atoms with van der Waals surface area (Å²) in [6.45, 7) is 0.567. The summed E-state index contributed by atoms with van der Waals surface area (Å²) in [5.74, 6) is -0.510. The largest absolute Gasteiger partial charge is 0.488 e. The Labute approximate surface area is 125 Å². The van der Waals surface area contributed by atoms with E-state index in [9.17, 15) is 14.4 Å². The molecule has 0 heterocycles. The zero-order valence-electron chi connectivity index (χ0n) is 10.6. The predicted molar refractivity (Wildman–Crippen MR) is 78.9 cm³/mol. The van der Waals surface area contributed by atoms with Gasteiger partial charge >= 0.3 is 7.12 Å². The summed E-state index contributed by atoms with van der Waals surface area (Å²) in [4.78, 5) is 0. The van der Waals surface area contributed by atoms with E-state index < -0.39 is 12.9 Å². The van der Waals surface area contributed by atoms with Crippen molar-refractivity contribution in [2.24, 2.45) is 0 Å². The Morgan fingerprint density at radius 2 is 1.90 bits per heavy atom. The average Bonchev–Trinajstić information content (AvgIpc) is 2.40. The smallest absolute Gasteiger partial charge is 0.423 e. The third-order valence-corrected chi connectivity index (χ3v) is 3.29. The lowest BCUT2D eigenvalue weighted by atomic mass is 9.77. The number of ether oxygens (including phenoxy) is 1. The van der Waals surface area contributed by atoms with Crippen LogP contribution in [0.15, 0.2) is 46.9 Å². The molecule has 2 aromatic rings. The lowest BCUT2D eigenvalue weighted by Crippen LogP contribution is -2.33. The molecule has 2 aromatic carbocycles. The highest BCUT2D eigenvalue weighted by molar-refractivity contribution is 9.10. The van der Waals surface area contributed by atoms with E-state index in [0.717, 1.165) is 16.1 Å². The van der Waals surface area contributed by atoms with E-state index in [2.05, 4.69) is 15.9 Å². The van der Waals surface area contributed by atoms with Gasteiger partial charge in [0.15, 0.2) is 0 Å². The molecule has 20 heavy (non-hydrogen) atoms. The van der Waals surface area contributed by atoms with E-state index in [1.807, 2.05) is 24.3 Å². The van der Waals surface area contributed by atoms with E-state index in [0.29, 0.717) is 12.2 Å². The van der Waals surface area contributed by atoms with Gasteiger partial charge in [-0.3, -0.25) is 0 Å². The first kappa shape index (κ1) is 15.2. The molecule has 0 spiro atoms. The minimum atomic E-state index is -1.71. The fraction of sp³-hybridized carbons (Fsp3) is 0.143. The van der Waals surface area contributed by atoms with Crippen LogP contribution in [0.5, 0.6) is 0 Å². The molecule has 0 atom stereocenters. The minimum absolute atomic E-state index is 0.124. The molecule has 0 aromatic heterocycles. The van der Waals surface area contributed by atoms with Crippen LogP contribution in [0.4, 0.5) is 4.39 Å². The second-order valence-electron chi connectivity index (χ2n) is 4.34. The fourth-order valence-corrected chi connectivity index (χ4v) is 2.29. The second-order valence-corrected chi connectivity index (χ2v) is 5.26. The number of rotatable bonds is 5. The highest BCUT2D eigenvalue weighted by Gasteiger charge is 2.16. The van der Waals surface area contributed by atoms with Gasteiger partial charge in [0.25, 0.3) is 0 Å². The Kier molecular flexibility index (Phi) is 5.31. The SMILES string of the molecule is OB(O)c1cc(F)ccc1COCc1cccc(Br)c1. The fourth-order valence-electron chi connectivity index (χ4n) is 1.84. The third kappa shape index (κ3) is 4.14. The molecule has 0 fully saturated rings. The lowest BCUT2D eigenvalue weighted by molar-refractivity contribution is 0.107. The molecule has 0 aliphatic heterocycles. The van der Waals surface area contributed by atoms with Gasteiger partial charge in [-0.2, -0.15) is 0 Å². The van der Waals surface area contributed by atoms with Crippen LogP contribution in [0.3, 0.4) is 0 Å². The van der Waals surface area contributed by atoms with E-state index in [1.165, 1.54) is 12.1 Å². The molecule has 0 saturated heterocycles. The van der Waals surface area contributed by atoms with Gasteiger partial charge in [-0.1, -0.05) is 34.1 Å². The van der Waals surface area contributed by atoms with Gasteiger partial charge < -0.3 is 14.8 Å². The summed E-state index contributed by atoms with van der Waals surface area (Å²) in [6, 6.07) is 11.5. The van der Waals surface area contributed by atoms with Crippen LogP contribution in [0.25, 0.3) is 0 Å². The molecule has 0 radical (unpaired) electrons. The first-order chi connectivity index (χ1) is 9.56. The summed E-state index contributed by atoms with van der Waals surface area (Å²) >= 11 is 3.37. The van der Waals surface area contributed by atoms with E-state index >= 15 is 0 Å². The summed E-state index contributed by atoms with van der Waals surface area (Å²) in [5, 5.41) is 18.4. The number of benzene rings is 2. The summed E-state index contributed by atoms with van der Waals surface area (Å²) in [6.07, 6.45) is 0. The molecule has 0 bridgehead atoms. The quantitative estimate of drug-likeness (QED) is 0.820. The number of hydrogen-bond donors (Lipinski definition) is 2. The van der Waals surface area contributed by atoms with Crippen molar-refractivity contribution in [1.29, 1.82) is 0 Å². The van der Waals surface area contributed by atoms with Gasteiger partial charge in [0.1, 0.15) is 5.82 Å². The first-order valence-corrected chi connectivity index (χ1v) is 6.82. The maximum Gasteiger partial charge on any atom is 0.488 e. The van der Waals surface area contributed by atoms with Gasteiger partial charge in [-0.25, -0.2) is 4.39 Å². The second kappa shape index (κ2) is 6.99.